The highest BCUT2D eigenvalue weighted by Gasteiger charge is 2.20. The van der Waals surface area contributed by atoms with Crippen LogP contribution in [-0.2, 0) is 24.3 Å². The van der Waals surface area contributed by atoms with E-state index in [0.29, 0.717) is 19.0 Å². The molecule has 1 aliphatic rings. The molecule has 0 spiro atoms. The van der Waals surface area contributed by atoms with E-state index in [1.54, 1.807) is 13.1 Å². The van der Waals surface area contributed by atoms with E-state index in [-0.39, 0.29) is 18.3 Å². The summed E-state index contributed by atoms with van der Waals surface area (Å²) in [5, 5.41) is 6.12. The highest BCUT2D eigenvalue weighted by molar-refractivity contribution is 5.86. The fourth-order valence-electron chi connectivity index (χ4n) is 3.03. The van der Waals surface area contributed by atoms with E-state index in [2.05, 4.69) is 27.8 Å². The number of hydrogen-bond acceptors (Lipinski definition) is 2. The number of nitrogens with one attached hydrogen (secondary N) is 2. The third-order valence-corrected chi connectivity index (χ3v) is 4.46. The van der Waals surface area contributed by atoms with Gasteiger partial charge in [0.25, 0.3) is 0 Å². The van der Waals surface area contributed by atoms with Crippen molar-refractivity contribution in [2.45, 2.75) is 19.5 Å². The zero-order valence-corrected chi connectivity index (χ0v) is 14.8. The maximum Gasteiger partial charge on any atom is 0.242 e. The van der Waals surface area contributed by atoms with Gasteiger partial charge in [0.2, 0.25) is 5.91 Å². The number of guanidine groups is 1. The molecule has 26 heavy (non-hydrogen) atoms. The molecule has 1 amide bonds. The lowest BCUT2D eigenvalue weighted by atomic mass is 10.00. The van der Waals surface area contributed by atoms with Crippen LogP contribution >= 0.6 is 0 Å². The summed E-state index contributed by atoms with van der Waals surface area (Å²) in [6, 6.07) is 14.6. The van der Waals surface area contributed by atoms with E-state index >= 15 is 0 Å². The quantitative estimate of drug-likeness (QED) is 0.653. The Morgan fingerprint density at radius 1 is 1.15 bits per heavy atom. The number of amides is 1. The van der Waals surface area contributed by atoms with Gasteiger partial charge >= 0.3 is 0 Å². The van der Waals surface area contributed by atoms with Gasteiger partial charge in [-0.05, 0) is 35.2 Å². The Morgan fingerprint density at radius 3 is 2.73 bits per heavy atom. The summed E-state index contributed by atoms with van der Waals surface area (Å²) in [7, 11) is 1.64. The van der Waals surface area contributed by atoms with Gasteiger partial charge in [-0.3, -0.25) is 9.79 Å². The van der Waals surface area contributed by atoms with Gasteiger partial charge < -0.3 is 15.5 Å². The van der Waals surface area contributed by atoms with Crippen LogP contribution in [0.3, 0.4) is 0 Å². The van der Waals surface area contributed by atoms with E-state index in [1.807, 2.05) is 23.1 Å². The third kappa shape index (κ3) is 4.59. The van der Waals surface area contributed by atoms with Crippen LogP contribution in [0.25, 0.3) is 0 Å². The molecule has 1 heterocycles. The first kappa shape index (κ1) is 17.9. The van der Waals surface area contributed by atoms with Crippen molar-refractivity contribution in [3.05, 3.63) is 71.0 Å². The first-order chi connectivity index (χ1) is 12.7. The van der Waals surface area contributed by atoms with Gasteiger partial charge in [0.15, 0.2) is 5.96 Å². The first-order valence-electron chi connectivity index (χ1n) is 8.69. The molecule has 2 N–H and O–H groups in total. The van der Waals surface area contributed by atoms with Crippen LogP contribution in [0.4, 0.5) is 4.39 Å². The van der Waals surface area contributed by atoms with E-state index in [0.717, 1.165) is 18.5 Å². The minimum Gasteiger partial charge on any atom is -0.352 e. The molecular weight excluding hydrogens is 331 g/mol. The molecule has 0 atom stereocenters. The van der Waals surface area contributed by atoms with Gasteiger partial charge in [0.1, 0.15) is 5.82 Å². The molecule has 2 aromatic rings. The number of halogens is 1. The van der Waals surface area contributed by atoms with Gasteiger partial charge in [0, 0.05) is 26.7 Å². The van der Waals surface area contributed by atoms with Gasteiger partial charge in [-0.15, -0.1) is 0 Å². The van der Waals surface area contributed by atoms with Crippen LogP contribution in [0.1, 0.15) is 16.7 Å². The fourth-order valence-corrected chi connectivity index (χ4v) is 3.03. The first-order valence-corrected chi connectivity index (χ1v) is 8.69. The van der Waals surface area contributed by atoms with E-state index in [4.69, 9.17) is 0 Å². The number of rotatable bonds is 4. The summed E-state index contributed by atoms with van der Waals surface area (Å²) in [6.07, 6.45) is 0.883. The Labute approximate surface area is 152 Å². The molecule has 136 valence electrons. The summed E-state index contributed by atoms with van der Waals surface area (Å²) < 4.78 is 13.2. The average molecular weight is 354 g/mol. The van der Waals surface area contributed by atoms with Crippen LogP contribution in [0.15, 0.2) is 53.5 Å². The maximum absolute atomic E-state index is 13.2. The van der Waals surface area contributed by atoms with Crippen LogP contribution < -0.4 is 10.6 Å². The second kappa shape index (κ2) is 8.47. The SMILES string of the molecule is CN=C(NCC(=O)N1CCc2ccccc2C1)NCc1cccc(F)c1. The van der Waals surface area contributed by atoms with Gasteiger partial charge in [0.05, 0.1) is 6.54 Å². The second-order valence-corrected chi connectivity index (χ2v) is 6.24. The van der Waals surface area contributed by atoms with Gasteiger partial charge in [-0.1, -0.05) is 36.4 Å². The van der Waals surface area contributed by atoms with Gasteiger partial charge in [-0.25, -0.2) is 4.39 Å². The highest BCUT2D eigenvalue weighted by atomic mass is 19.1. The molecule has 2 aromatic carbocycles. The number of aliphatic imine (C=N–C) groups is 1. The lowest BCUT2D eigenvalue weighted by molar-refractivity contribution is -0.130. The van der Waals surface area contributed by atoms with Crippen molar-refractivity contribution in [1.82, 2.24) is 15.5 Å². The van der Waals surface area contributed by atoms with Gasteiger partial charge in [-0.2, -0.15) is 0 Å². The predicted octanol–water partition coefficient (Wildman–Crippen LogP) is 2.08. The molecule has 0 aliphatic carbocycles. The van der Waals surface area contributed by atoms with Crippen LogP contribution in [0.5, 0.6) is 0 Å². The topological polar surface area (TPSA) is 56.7 Å². The monoisotopic (exact) mass is 354 g/mol. The number of fused-ring (bicyclic) bond motifs is 1. The predicted molar refractivity (Wildman–Crippen MR) is 100 cm³/mol. The second-order valence-electron chi connectivity index (χ2n) is 6.24. The number of carbonyl (C=O) groups is 1. The van der Waals surface area contributed by atoms with E-state index < -0.39 is 0 Å². The van der Waals surface area contributed by atoms with Crippen molar-refractivity contribution in [2.24, 2.45) is 4.99 Å². The molecule has 5 nitrogen and oxygen atoms in total. The fraction of sp³-hybridized carbons (Fsp3) is 0.300. The van der Waals surface area contributed by atoms with Crippen molar-refractivity contribution in [2.75, 3.05) is 20.1 Å². The Bertz CT molecular complexity index is 806. The molecule has 0 bridgehead atoms. The van der Waals surface area contributed by atoms with Crippen molar-refractivity contribution >= 4 is 11.9 Å². The van der Waals surface area contributed by atoms with Crippen molar-refractivity contribution in [3.63, 3.8) is 0 Å². The number of benzene rings is 2. The minimum absolute atomic E-state index is 0.0354. The van der Waals surface area contributed by atoms with Crippen LogP contribution in [0.2, 0.25) is 0 Å². The Balaban J connectivity index is 1.48. The molecule has 0 radical (unpaired) electrons. The molecule has 3 rings (SSSR count). The van der Waals surface area contributed by atoms with Crippen molar-refractivity contribution in [3.8, 4) is 0 Å². The third-order valence-electron chi connectivity index (χ3n) is 4.46. The Morgan fingerprint density at radius 2 is 1.96 bits per heavy atom. The largest absolute Gasteiger partial charge is 0.352 e. The molecule has 1 aliphatic heterocycles. The molecule has 0 unspecified atom stereocenters. The summed E-state index contributed by atoms with van der Waals surface area (Å²) in [4.78, 5) is 18.4. The minimum atomic E-state index is -0.271. The van der Waals surface area contributed by atoms with Crippen molar-refractivity contribution in [1.29, 1.82) is 0 Å². The Hall–Kier alpha value is -2.89. The standard InChI is InChI=1S/C20H23FN4O/c1-22-20(23-12-15-5-4-8-18(21)11-15)24-13-19(26)25-10-9-16-6-2-3-7-17(16)14-25/h2-8,11H,9-10,12-14H2,1H3,(H2,22,23,24). The summed E-state index contributed by atoms with van der Waals surface area (Å²) in [5.74, 6) is 0.279. The Kier molecular flexibility index (Phi) is 5.84. The maximum atomic E-state index is 13.2. The molecule has 0 saturated carbocycles. The number of carbonyl (C=O) groups excluding carboxylic acids is 1. The van der Waals surface area contributed by atoms with E-state index in [9.17, 15) is 9.18 Å². The zero-order chi connectivity index (χ0) is 18.4. The summed E-state index contributed by atoms with van der Waals surface area (Å²) >= 11 is 0. The summed E-state index contributed by atoms with van der Waals surface area (Å²) in [5.41, 5.74) is 3.34. The number of nitrogens with zero attached hydrogens (tertiary/aromatic N) is 2. The zero-order valence-electron chi connectivity index (χ0n) is 14.8. The van der Waals surface area contributed by atoms with Crippen LogP contribution in [-0.4, -0.2) is 36.9 Å². The average Bonchev–Trinajstić information content (AvgIpc) is 2.67. The smallest absolute Gasteiger partial charge is 0.242 e. The van der Waals surface area contributed by atoms with Crippen LogP contribution in [0, 0.1) is 5.82 Å². The lowest BCUT2D eigenvalue weighted by Crippen LogP contribution is -2.45. The molecule has 0 aromatic heterocycles. The molecule has 0 saturated heterocycles. The van der Waals surface area contributed by atoms with E-state index in [1.165, 1.54) is 23.3 Å². The highest BCUT2D eigenvalue weighted by Crippen LogP contribution is 2.18. The summed E-state index contributed by atoms with van der Waals surface area (Å²) in [6.45, 7) is 1.98. The molecule has 0 fully saturated rings. The van der Waals surface area contributed by atoms with Crippen molar-refractivity contribution < 1.29 is 9.18 Å². The number of hydrogen-bond donors (Lipinski definition) is 2. The molecular formula is C20H23FN4O. The lowest BCUT2D eigenvalue weighted by Gasteiger charge is -2.29. The normalized spacial score (nSPS) is 13.9. The molecule has 6 heteroatoms.